The number of rotatable bonds is 21. The van der Waals surface area contributed by atoms with Crippen molar-refractivity contribution in [2.75, 3.05) is 11.4 Å². The summed E-state index contributed by atoms with van der Waals surface area (Å²) in [4.78, 5) is 146. The lowest BCUT2D eigenvalue weighted by Crippen LogP contribution is -2.57. The average Bonchev–Trinajstić information content (AvgIpc) is 4.37. The van der Waals surface area contributed by atoms with Crippen molar-refractivity contribution in [1.29, 1.82) is 0 Å². The monoisotopic (exact) mass is 1140 g/mol. The van der Waals surface area contributed by atoms with Crippen LogP contribution in [0.4, 0.5) is 14.5 Å². The zero-order chi connectivity index (χ0) is 58.5. The van der Waals surface area contributed by atoms with Crippen LogP contribution in [0.2, 0.25) is 0 Å². The number of piperidine rings is 1. The fraction of sp³-hybridized carbons (Fsp3) is 0.368. The van der Waals surface area contributed by atoms with E-state index in [2.05, 4.69) is 43.4 Å². The fourth-order valence-electron chi connectivity index (χ4n) is 10.7. The molecule has 9 amide bonds. The van der Waals surface area contributed by atoms with Crippen LogP contribution in [0.3, 0.4) is 0 Å². The molecule has 9 N–H and O–H groups in total. The predicted octanol–water partition coefficient (Wildman–Crippen LogP) is 3.44. The summed E-state index contributed by atoms with van der Waals surface area (Å²) in [5.74, 6) is 0.857. The average molecular weight is 1150 g/mol. The van der Waals surface area contributed by atoms with E-state index >= 15 is 0 Å². The van der Waals surface area contributed by atoms with Crippen molar-refractivity contribution in [2.24, 2.45) is 5.73 Å². The van der Waals surface area contributed by atoms with Crippen LogP contribution in [0.1, 0.15) is 131 Å². The molecule has 4 aliphatic rings. The lowest BCUT2D eigenvalue weighted by Gasteiger charge is -2.29. The first-order chi connectivity index (χ1) is 39.2. The van der Waals surface area contributed by atoms with E-state index in [1.165, 1.54) is 9.80 Å². The number of imide groups is 1. The molecule has 1 unspecified atom stereocenters. The molecule has 3 aromatic carbocycles. The zero-order valence-corrected chi connectivity index (χ0v) is 45.1. The molecule has 22 nitrogen and oxygen atoms in total. The number of nitrogens with two attached hydrogens (primary N) is 1. The van der Waals surface area contributed by atoms with Gasteiger partial charge in [0.2, 0.25) is 41.4 Å². The second-order valence-electron chi connectivity index (χ2n) is 20.6. The van der Waals surface area contributed by atoms with Crippen molar-refractivity contribution < 1.29 is 66.3 Å². The maximum atomic E-state index is 14.6. The van der Waals surface area contributed by atoms with Crippen molar-refractivity contribution in [3.63, 3.8) is 0 Å². The maximum absolute atomic E-state index is 14.6. The Morgan fingerprint density at radius 1 is 0.854 bits per heavy atom. The van der Waals surface area contributed by atoms with Crippen molar-refractivity contribution in [1.82, 2.24) is 40.9 Å². The molecule has 1 fully saturated rings. The maximum Gasteiger partial charge on any atom is 0.399 e. The molecule has 0 aliphatic carbocycles. The van der Waals surface area contributed by atoms with Gasteiger partial charge in [-0.2, -0.15) is 8.78 Å². The summed E-state index contributed by atoms with van der Waals surface area (Å²) in [7, 11) is -5.91. The molecule has 4 aliphatic heterocycles. The summed E-state index contributed by atoms with van der Waals surface area (Å²) in [6.07, 6.45) is 6.53. The number of aryl methyl sites for hydroxylation is 1. The quantitative estimate of drug-likeness (QED) is 0.0226. The topological polar surface area (TPSA) is 321 Å². The Bertz CT molecular complexity index is 3510. The van der Waals surface area contributed by atoms with E-state index in [0.717, 1.165) is 60.2 Å². The van der Waals surface area contributed by atoms with Gasteiger partial charge in [-0.15, -0.1) is 0 Å². The standard InChI is InChI=1S/C57H59F2N10O12P/c58-57(59,82(79,80)81)37-21-26-46-62-42(32-67(46)30-37)51(73)64-41-22-20-35-17-11-18-36-29-44(69(49(35)36)56(41)78)53(75)63-40(23-25-45(60)70)50(72)66-48(34-14-8-6-9-15-34)54(76)61-28-10-5-3-1-2-4-7-13-33-16-12-19-38-39(33)31-68(55(38)77)43-24-27-47(71)65-52(43)74/h6,8-9,11-12,14-19,21,26,30,32,40-41,43-44,48H,1-5,10,20,22-25,27-29,31H2,(H2,60,70)(H,61,76)(H,63,75)(H,64,73)(H,66,72)(H,65,71,74)(H2,79,80,81)/t40-,41-,43?,44-,48-/m0/s1. The highest BCUT2D eigenvalue weighted by molar-refractivity contribution is 7.52. The van der Waals surface area contributed by atoms with Crippen LogP contribution in [-0.4, -0.2) is 108 Å². The van der Waals surface area contributed by atoms with E-state index < -0.39 is 90.4 Å². The van der Waals surface area contributed by atoms with E-state index in [-0.39, 0.29) is 81.2 Å². The number of alkyl halides is 2. The molecular weight excluding hydrogens is 1090 g/mol. The third-order valence-corrected chi connectivity index (χ3v) is 16.0. The van der Waals surface area contributed by atoms with Gasteiger partial charge < -0.3 is 46.1 Å². The smallest absolute Gasteiger partial charge is 0.370 e. The lowest BCUT2D eigenvalue weighted by molar-refractivity contribution is -0.137. The Kier molecular flexibility index (Phi) is 17.4. The summed E-state index contributed by atoms with van der Waals surface area (Å²) >= 11 is 0. The molecule has 428 valence electrons. The zero-order valence-electron chi connectivity index (χ0n) is 44.2. The Balaban J connectivity index is 0.792. The van der Waals surface area contributed by atoms with Crippen molar-refractivity contribution >= 4 is 72.1 Å². The van der Waals surface area contributed by atoms with Gasteiger partial charge in [0, 0.05) is 62.3 Å². The number of amides is 9. The number of imidazole rings is 1. The second kappa shape index (κ2) is 24.6. The number of aromatic nitrogens is 2. The molecule has 5 atom stereocenters. The van der Waals surface area contributed by atoms with Gasteiger partial charge in [-0.1, -0.05) is 85.7 Å². The number of hydrogen-bond donors (Lipinski definition) is 8. The van der Waals surface area contributed by atoms with Gasteiger partial charge in [-0.25, -0.2) is 4.98 Å². The number of anilines is 1. The van der Waals surface area contributed by atoms with Gasteiger partial charge in [0.05, 0.1) is 11.3 Å². The number of nitrogens with one attached hydrogen (secondary N) is 5. The van der Waals surface area contributed by atoms with Crippen molar-refractivity contribution in [2.45, 2.75) is 126 Å². The van der Waals surface area contributed by atoms with E-state index in [0.29, 0.717) is 46.3 Å². The van der Waals surface area contributed by atoms with Crippen LogP contribution in [0.5, 0.6) is 0 Å². The first kappa shape index (κ1) is 58.0. The number of benzene rings is 3. The summed E-state index contributed by atoms with van der Waals surface area (Å²) in [6.45, 7) is 0.519. The van der Waals surface area contributed by atoms with Gasteiger partial charge in [-0.3, -0.25) is 57.9 Å². The molecule has 0 saturated carbocycles. The number of nitrogens with zero attached hydrogens (tertiary/aromatic N) is 4. The molecule has 0 spiro atoms. The number of primary amides is 1. The minimum atomic E-state index is -5.91. The number of carbonyl (C=O) groups excluding carboxylic acids is 9. The third kappa shape index (κ3) is 12.6. The molecule has 82 heavy (non-hydrogen) atoms. The number of pyridine rings is 1. The van der Waals surface area contributed by atoms with Crippen LogP contribution in [0.15, 0.2) is 91.3 Å². The number of fused-ring (bicyclic) bond motifs is 2. The molecule has 6 heterocycles. The molecular formula is C57H59F2N10O12P. The molecule has 1 saturated heterocycles. The molecule has 0 bridgehead atoms. The number of halogens is 2. The summed E-state index contributed by atoms with van der Waals surface area (Å²) in [6, 6.07) is 15.0. The van der Waals surface area contributed by atoms with Gasteiger partial charge in [0.15, 0.2) is 0 Å². The molecule has 5 aromatic rings. The lowest BCUT2D eigenvalue weighted by atomic mass is 10.0. The highest BCUT2D eigenvalue weighted by Gasteiger charge is 2.51. The first-order valence-corrected chi connectivity index (χ1v) is 28.5. The summed E-state index contributed by atoms with van der Waals surface area (Å²) in [5.41, 5.74) is 3.84. The minimum absolute atomic E-state index is 0.0125. The van der Waals surface area contributed by atoms with Gasteiger partial charge in [0.25, 0.3) is 11.8 Å². The predicted molar refractivity (Wildman–Crippen MR) is 290 cm³/mol. The van der Waals surface area contributed by atoms with E-state index in [9.17, 15) is 66.3 Å². The van der Waals surface area contributed by atoms with Crippen LogP contribution < -0.4 is 37.2 Å². The van der Waals surface area contributed by atoms with Gasteiger partial charge >= 0.3 is 13.3 Å². The third-order valence-electron chi connectivity index (χ3n) is 15.0. The number of hydrogen-bond acceptors (Lipinski definition) is 11. The highest BCUT2D eigenvalue weighted by Crippen LogP contribution is 2.59. The molecule has 9 rings (SSSR count). The van der Waals surface area contributed by atoms with E-state index in [4.69, 9.17) is 5.73 Å². The summed E-state index contributed by atoms with van der Waals surface area (Å²) < 4.78 is 41.5. The van der Waals surface area contributed by atoms with E-state index in [1.54, 1.807) is 60.7 Å². The van der Waals surface area contributed by atoms with Crippen LogP contribution in [0.25, 0.3) is 5.65 Å². The summed E-state index contributed by atoms with van der Waals surface area (Å²) in [5, 5.41) is 13.3. The van der Waals surface area contributed by atoms with Gasteiger partial charge in [-0.05, 0) is 85.0 Å². The van der Waals surface area contributed by atoms with Crippen molar-refractivity contribution in [3.8, 4) is 11.8 Å². The van der Waals surface area contributed by atoms with E-state index in [1.807, 2.05) is 6.07 Å². The van der Waals surface area contributed by atoms with Crippen LogP contribution >= 0.6 is 7.60 Å². The van der Waals surface area contributed by atoms with Crippen LogP contribution in [0, 0.1) is 11.8 Å². The molecule has 2 aromatic heterocycles. The Morgan fingerprint density at radius 2 is 1.60 bits per heavy atom. The fourth-order valence-corrected chi connectivity index (χ4v) is 11.2. The number of unbranched alkanes of at least 4 members (excludes halogenated alkanes) is 5. The minimum Gasteiger partial charge on any atom is -0.370 e. The Morgan fingerprint density at radius 3 is 2.35 bits per heavy atom. The normalized spacial score (nSPS) is 18.3. The second-order valence-corrected chi connectivity index (χ2v) is 22.2. The first-order valence-electron chi connectivity index (χ1n) is 26.8. The van der Waals surface area contributed by atoms with Crippen LogP contribution in [-0.2, 0) is 63.2 Å². The Hall–Kier alpha value is -8.65. The SMILES string of the molecule is NC(=O)CC[C@H](NC(=O)[C@@H]1Cc2cccc3c2N1C(=O)[C@@H](NC(=O)c1cn2cc(C(F)(F)P(=O)(O)O)ccc2n1)CC3)C(=O)N[C@H](C(=O)NCCCCCCCC#Cc1cccc2c1CN(C1CCC(=O)NC1=O)C2=O)c1ccccc1. The number of carbonyl (C=O) groups is 9. The number of para-hydroxylation sites is 1. The molecule has 0 radical (unpaired) electrons. The van der Waals surface area contributed by atoms with Gasteiger partial charge in [0.1, 0.15) is 41.6 Å². The highest BCUT2D eigenvalue weighted by atomic mass is 31.2. The molecule has 25 heteroatoms. The Labute approximate surface area is 468 Å². The largest absolute Gasteiger partial charge is 0.399 e. The van der Waals surface area contributed by atoms with Crippen molar-refractivity contribution in [3.05, 3.63) is 136 Å².